The van der Waals surface area contributed by atoms with E-state index in [9.17, 15) is 9.59 Å². The lowest BCUT2D eigenvalue weighted by Gasteiger charge is -2.15. The number of aromatic amines is 1. The standard InChI is InChI=1S/C23H28N6O6/c1-32-16-7-5-12(9-15(16)26-23(31)14(24)6-8-19(25)30)20-21(28-29-27-20)13-10-17(33-2)22(35-4)18(11-13)34-3/h5,7,9-11,14H,6,8,24H2,1-4H3,(H2,25,30)(H,26,31)(H,27,28,29)/p+1. The number of nitrogens with two attached hydrogens (primary N) is 1. The van der Waals surface area contributed by atoms with Gasteiger partial charge in [0.05, 0.1) is 34.1 Å². The van der Waals surface area contributed by atoms with Crippen LogP contribution >= 0.6 is 0 Å². The smallest absolute Gasteiger partial charge is 0.282 e. The van der Waals surface area contributed by atoms with Crippen LogP contribution in [0.2, 0.25) is 0 Å². The van der Waals surface area contributed by atoms with Crippen LogP contribution in [0.3, 0.4) is 0 Å². The lowest BCUT2D eigenvalue weighted by atomic mass is 10.0. The van der Waals surface area contributed by atoms with Crippen LogP contribution in [-0.2, 0) is 9.59 Å². The fraction of sp³-hybridized carbons (Fsp3) is 0.304. The monoisotopic (exact) mass is 485 g/mol. The largest absolute Gasteiger partial charge is 0.495 e. The van der Waals surface area contributed by atoms with Crippen molar-refractivity contribution in [2.75, 3.05) is 33.8 Å². The molecule has 0 saturated heterocycles. The molecule has 7 N–H and O–H groups in total. The molecule has 1 aromatic heterocycles. The number of anilines is 1. The van der Waals surface area contributed by atoms with Gasteiger partial charge in [-0.3, -0.25) is 9.59 Å². The fourth-order valence-corrected chi connectivity index (χ4v) is 3.49. The number of H-pyrrole nitrogens is 1. The van der Waals surface area contributed by atoms with Crippen LogP contribution in [0.5, 0.6) is 23.0 Å². The molecule has 12 nitrogen and oxygen atoms in total. The van der Waals surface area contributed by atoms with Gasteiger partial charge < -0.3 is 35.7 Å². The summed E-state index contributed by atoms with van der Waals surface area (Å²) in [6.07, 6.45) is 0.299. The average Bonchev–Trinajstić information content (AvgIpc) is 3.36. The number of hydrogen-bond donors (Lipinski definition) is 4. The zero-order valence-corrected chi connectivity index (χ0v) is 20.0. The van der Waals surface area contributed by atoms with E-state index in [1.807, 2.05) is 0 Å². The highest BCUT2D eigenvalue weighted by Crippen LogP contribution is 2.42. The summed E-state index contributed by atoms with van der Waals surface area (Å²) in [5, 5.41) is 14.1. The Balaban J connectivity index is 1.98. The molecule has 0 aliphatic rings. The van der Waals surface area contributed by atoms with Crippen molar-refractivity contribution in [3.63, 3.8) is 0 Å². The van der Waals surface area contributed by atoms with Gasteiger partial charge in [-0.25, -0.2) is 0 Å². The molecule has 0 radical (unpaired) electrons. The Hall–Kier alpha value is -4.32. The summed E-state index contributed by atoms with van der Waals surface area (Å²) in [7, 11) is 6.08. The Bertz CT molecular complexity index is 1190. The van der Waals surface area contributed by atoms with Crippen LogP contribution < -0.4 is 35.7 Å². The summed E-state index contributed by atoms with van der Waals surface area (Å²) in [5.74, 6) is 0.981. The molecule has 2 amide bonds. The van der Waals surface area contributed by atoms with Crippen LogP contribution in [-0.4, -0.2) is 61.7 Å². The molecule has 0 bridgehead atoms. The molecular formula is C23H29N6O6+. The first-order valence-electron chi connectivity index (χ1n) is 10.6. The first kappa shape index (κ1) is 25.3. The van der Waals surface area contributed by atoms with E-state index in [4.69, 9.17) is 24.7 Å². The molecule has 0 aliphatic carbocycles. The molecule has 3 rings (SSSR count). The normalized spacial score (nSPS) is 11.5. The van der Waals surface area contributed by atoms with E-state index in [2.05, 4.69) is 26.5 Å². The second-order valence-corrected chi connectivity index (χ2v) is 7.54. The number of quaternary nitrogens is 1. The Kier molecular flexibility index (Phi) is 8.10. The van der Waals surface area contributed by atoms with Crippen LogP contribution in [0, 0.1) is 0 Å². The molecule has 1 unspecified atom stereocenters. The number of ether oxygens (including phenoxy) is 4. The SMILES string of the molecule is COc1ccc(-c2n[nH]nc2-c2cc(OC)c(OC)c(OC)c2)cc1NC(=O)C([NH3+])CCC(N)=O. The Morgan fingerprint density at radius 3 is 2.09 bits per heavy atom. The fourth-order valence-electron chi connectivity index (χ4n) is 3.49. The number of primary amides is 1. The van der Waals surface area contributed by atoms with Crippen molar-refractivity contribution in [3.05, 3.63) is 30.3 Å². The number of nitrogens with one attached hydrogen (secondary N) is 2. The Labute approximate surface area is 201 Å². The third-order valence-corrected chi connectivity index (χ3v) is 5.33. The first-order valence-corrected chi connectivity index (χ1v) is 10.6. The van der Waals surface area contributed by atoms with Gasteiger partial charge in [0, 0.05) is 24.0 Å². The number of carbonyl (C=O) groups excluding carboxylic acids is 2. The molecule has 0 saturated carbocycles. The predicted octanol–water partition coefficient (Wildman–Crippen LogP) is 0.988. The van der Waals surface area contributed by atoms with Gasteiger partial charge in [-0.1, -0.05) is 0 Å². The van der Waals surface area contributed by atoms with Crippen molar-refractivity contribution in [2.45, 2.75) is 18.9 Å². The maximum Gasteiger partial charge on any atom is 0.282 e. The van der Waals surface area contributed by atoms with E-state index in [0.29, 0.717) is 51.2 Å². The molecule has 0 spiro atoms. The third kappa shape index (κ3) is 5.61. The van der Waals surface area contributed by atoms with Crippen molar-refractivity contribution in [2.24, 2.45) is 5.73 Å². The third-order valence-electron chi connectivity index (χ3n) is 5.33. The van der Waals surface area contributed by atoms with Gasteiger partial charge in [-0.05, 0) is 30.3 Å². The summed E-state index contributed by atoms with van der Waals surface area (Å²) in [6.45, 7) is 0. The van der Waals surface area contributed by atoms with Crippen molar-refractivity contribution in [1.29, 1.82) is 0 Å². The topological polar surface area (TPSA) is 178 Å². The van der Waals surface area contributed by atoms with Crippen LogP contribution in [0.4, 0.5) is 5.69 Å². The Morgan fingerprint density at radius 2 is 1.54 bits per heavy atom. The summed E-state index contributed by atoms with van der Waals surface area (Å²) >= 11 is 0. The summed E-state index contributed by atoms with van der Waals surface area (Å²) in [4.78, 5) is 23.7. The number of aromatic nitrogens is 3. The Morgan fingerprint density at radius 1 is 0.943 bits per heavy atom. The number of rotatable bonds is 11. The van der Waals surface area contributed by atoms with E-state index in [0.717, 1.165) is 0 Å². The van der Waals surface area contributed by atoms with Gasteiger partial charge in [0.15, 0.2) is 17.5 Å². The van der Waals surface area contributed by atoms with Crippen LogP contribution in [0.1, 0.15) is 12.8 Å². The molecular weight excluding hydrogens is 456 g/mol. The van der Waals surface area contributed by atoms with Crippen molar-refractivity contribution in [3.8, 4) is 45.5 Å². The van der Waals surface area contributed by atoms with E-state index in [1.54, 1.807) is 30.3 Å². The number of methoxy groups -OCH3 is 4. The van der Waals surface area contributed by atoms with E-state index < -0.39 is 11.9 Å². The lowest BCUT2D eigenvalue weighted by Crippen LogP contribution is -2.66. The minimum Gasteiger partial charge on any atom is -0.495 e. The highest BCUT2D eigenvalue weighted by molar-refractivity contribution is 5.96. The highest BCUT2D eigenvalue weighted by atomic mass is 16.5. The number of benzene rings is 2. The minimum absolute atomic E-state index is 0.0653. The highest BCUT2D eigenvalue weighted by Gasteiger charge is 2.22. The van der Waals surface area contributed by atoms with Gasteiger partial charge in [0.25, 0.3) is 5.91 Å². The molecule has 2 aromatic carbocycles. The van der Waals surface area contributed by atoms with Gasteiger partial charge in [-0.15, -0.1) is 0 Å². The van der Waals surface area contributed by atoms with Gasteiger partial charge in [0.2, 0.25) is 11.7 Å². The number of carbonyl (C=O) groups is 2. The van der Waals surface area contributed by atoms with Crippen molar-refractivity contribution >= 4 is 17.5 Å². The summed E-state index contributed by atoms with van der Waals surface area (Å²) in [6, 6.07) is 8.08. The summed E-state index contributed by atoms with van der Waals surface area (Å²) < 4.78 is 21.7. The average molecular weight is 486 g/mol. The van der Waals surface area contributed by atoms with Crippen LogP contribution in [0.15, 0.2) is 30.3 Å². The van der Waals surface area contributed by atoms with Crippen molar-refractivity contribution < 1.29 is 34.3 Å². The molecule has 35 heavy (non-hydrogen) atoms. The van der Waals surface area contributed by atoms with Gasteiger partial charge in [0.1, 0.15) is 17.1 Å². The summed E-state index contributed by atoms with van der Waals surface area (Å²) in [5.41, 5.74) is 11.8. The van der Waals surface area contributed by atoms with E-state index in [-0.39, 0.29) is 18.7 Å². The van der Waals surface area contributed by atoms with E-state index in [1.165, 1.54) is 28.4 Å². The maximum absolute atomic E-state index is 12.6. The lowest BCUT2D eigenvalue weighted by molar-refractivity contribution is -0.403. The van der Waals surface area contributed by atoms with Gasteiger partial charge in [-0.2, -0.15) is 15.4 Å². The van der Waals surface area contributed by atoms with E-state index >= 15 is 0 Å². The van der Waals surface area contributed by atoms with Crippen LogP contribution in [0.25, 0.3) is 22.5 Å². The molecule has 0 aliphatic heterocycles. The predicted molar refractivity (Wildman–Crippen MR) is 127 cm³/mol. The molecule has 3 aromatic rings. The van der Waals surface area contributed by atoms with Crippen molar-refractivity contribution in [1.82, 2.24) is 15.4 Å². The molecule has 1 atom stereocenters. The number of nitrogens with zero attached hydrogens (tertiary/aromatic N) is 2. The number of hydrogen-bond acceptors (Lipinski definition) is 8. The zero-order chi connectivity index (χ0) is 25.5. The molecule has 186 valence electrons. The van der Waals surface area contributed by atoms with Gasteiger partial charge >= 0.3 is 0 Å². The number of amides is 2. The second-order valence-electron chi connectivity index (χ2n) is 7.54. The molecule has 0 fully saturated rings. The molecule has 12 heteroatoms. The molecule has 1 heterocycles. The maximum atomic E-state index is 12.6. The second kappa shape index (κ2) is 11.2. The quantitative estimate of drug-likeness (QED) is 0.310. The first-order chi connectivity index (χ1) is 16.8. The minimum atomic E-state index is -0.669. The zero-order valence-electron chi connectivity index (χ0n) is 20.0.